The summed E-state index contributed by atoms with van der Waals surface area (Å²) in [5.74, 6) is -0.232. The first kappa shape index (κ1) is 10.9. The summed E-state index contributed by atoms with van der Waals surface area (Å²) in [6.45, 7) is 1.69. The number of rotatable bonds is 2. The SMILES string of the molecule is CCC(=O)N(C)C(=O)N(C)OC. The van der Waals surface area contributed by atoms with Crippen molar-refractivity contribution in [1.29, 1.82) is 0 Å². The lowest BCUT2D eigenvalue weighted by molar-refractivity contribution is -0.131. The molecule has 0 rings (SSSR count). The Morgan fingerprint density at radius 1 is 1.33 bits per heavy atom. The number of hydrogen-bond donors (Lipinski definition) is 0. The highest BCUT2D eigenvalue weighted by molar-refractivity contribution is 5.93. The zero-order chi connectivity index (χ0) is 9.72. The molecule has 5 nitrogen and oxygen atoms in total. The van der Waals surface area contributed by atoms with E-state index in [9.17, 15) is 9.59 Å². The monoisotopic (exact) mass is 174 g/mol. The molecule has 0 atom stereocenters. The van der Waals surface area contributed by atoms with E-state index in [1.807, 2.05) is 0 Å². The van der Waals surface area contributed by atoms with Gasteiger partial charge in [-0.3, -0.25) is 14.5 Å². The van der Waals surface area contributed by atoms with Gasteiger partial charge < -0.3 is 0 Å². The van der Waals surface area contributed by atoms with Crippen molar-refractivity contribution in [2.24, 2.45) is 0 Å². The molecule has 0 fully saturated rings. The second-order valence-electron chi connectivity index (χ2n) is 2.27. The highest BCUT2D eigenvalue weighted by atomic mass is 16.7. The minimum absolute atomic E-state index is 0.232. The van der Waals surface area contributed by atoms with Gasteiger partial charge in [-0.2, -0.15) is 0 Å². The summed E-state index contributed by atoms with van der Waals surface area (Å²) in [7, 11) is 4.23. The predicted octanol–water partition coefficient (Wildman–Crippen LogP) is 0.468. The van der Waals surface area contributed by atoms with E-state index < -0.39 is 6.03 Å². The van der Waals surface area contributed by atoms with Gasteiger partial charge in [0.15, 0.2) is 0 Å². The van der Waals surface area contributed by atoms with E-state index in [0.717, 1.165) is 9.96 Å². The largest absolute Gasteiger partial charge is 0.350 e. The zero-order valence-electron chi connectivity index (χ0n) is 7.83. The summed E-state index contributed by atoms with van der Waals surface area (Å²) in [6, 6.07) is -0.468. The molecule has 0 radical (unpaired) electrons. The van der Waals surface area contributed by atoms with Crippen molar-refractivity contribution in [3.8, 4) is 0 Å². The van der Waals surface area contributed by atoms with Crippen molar-refractivity contribution in [3.05, 3.63) is 0 Å². The molecule has 3 amide bonds. The fourth-order valence-electron chi connectivity index (χ4n) is 0.633. The number of amides is 3. The number of hydrogen-bond acceptors (Lipinski definition) is 3. The Morgan fingerprint density at radius 3 is 2.17 bits per heavy atom. The molecule has 0 aromatic rings. The molecule has 0 aliphatic heterocycles. The lowest BCUT2D eigenvalue weighted by atomic mass is 10.4. The van der Waals surface area contributed by atoms with Crippen LogP contribution in [-0.2, 0) is 9.63 Å². The van der Waals surface area contributed by atoms with Crippen molar-refractivity contribution in [2.75, 3.05) is 21.2 Å². The molecule has 70 valence electrons. The van der Waals surface area contributed by atoms with Crippen molar-refractivity contribution in [2.45, 2.75) is 13.3 Å². The van der Waals surface area contributed by atoms with E-state index in [-0.39, 0.29) is 5.91 Å². The normalized spacial score (nSPS) is 9.33. The van der Waals surface area contributed by atoms with Crippen LogP contribution in [0.3, 0.4) is 0 Å². The summed E-state index contributed by atoms with van der Waals surface area (Å²) in [6.07, 6.45) is 0.305. The van der Waals surface area contributed by atoms with Gasteiger partial charge in [0.25, 0.3) is 0 Å². The third-order valence-electron chi connectivity index (χ3n) is 1.51. The van der Waals surface area contributed by atoms with Gasteiger partial charge in [0.2, 0.25) is 5.91 Å². The van der Waals surface area contributed by atoms with Crippen LogP contribution >= 0.6 is 0 Å². The number of carbonyl (C=O) groups excluding carboxylic acids is 2. The van der Waals surface area contributed by atoms with Gasteiger partial charge >= 0.3 is 6.03 Å². The van der Waals surface area contributed by atoms with Gasteiger partial charge in [-0.15, -0.1) is 0 Å². The Hall–Kier alpha value is -1.10. The summed E-state index contributed by atoms with van der Waals surface area (Å²) >= 11 is 0. The van der Waals surface area contributed by atoms with Crippen LogP contribution < -0.4 is 0 Å². The Morgan fingerprint density at radius 2 is 1.83 bits per heavy atom. The molecule has 12 heavy (non-hydrogen) atoms. The number of urea groups is 1. The minimum atomic E-state index is -0.468. The highest BCUT2D eigenvalue weighted by Crippen LogP contribution is 1.96. The molecular weight excluding hydrogens is 160 g/mol. The lowest BCUT2D eigenvalue weighted by Gasteiger charge is -2.20. The first-order valence-electron chi connectivity index (χ1n) is 3.62. The van der Waals surface area contributed by atoms with E-state index in [2.05, 4.69) is 4.84 Å². The van der Waals surface area contributed by atoms with Crippen molar-refractivity contribution in [1.82, 2.24) is 9.96 Å². The van der Waals surface area contributed by atoms with Gasteiger partial charge in [0.1, 0.15) is 0 Å². The molecule has 0 saturated heterocycles. The fraction of sp³-hybridized carbons (Fsp3) is 0.714. The molecule has 0 N–H and O–H groups in total. The summed E-state index contributed by atoms with van der Waals surface area (Å²) in [5.41, 5.74) is 0. The van der Waals surface area contributed by atoms with Crippen LogP contribution in [0.5, 0.6) is 0 Å². The molecule has 0 aliphatic rings. The molecule has 0 spiro atoms. The molecule has 0 aromatic carbocycles. The quantitative estimate of drug-likeness (QED) is 0.572. The van der Waals surface area contributed by atoms with Crippen molar-refractivity contribution >= 4 is 11.9 Å². The summed E-state index contributed by atoms with van der Waals surface area (Å²) in [4.78, 5) is 27.8. The molecule has 0 heterocycles. The maximum atomic E-state index is 11.2. The van der Waals surface area contributed by atoms with E-state index >= 15 is 0 Å². The van der Waals surface area contributed by atoms with Crippen LogP contribution in [0.1, 0.15) is 13.3 Å². The number of nitrogens with zero attached hydrogens (tertiary/aromatic N) is 2. The van der Waals surface area contributed by atoms with Crippen LogP contribution in [0.4, 0.5) is 4.79 Å². The smallest absolute Gasteiger partial charge is 0.274 e. The van der Waals surface area contributed by atoms with Gasteiger partial charge in [-0.1, -0.05) is 6.92 Å². The van der Waals surface area contributed by atoms with Crippen LogP contribution in [0.25, 0.3) is 0 Å². The molecule has 0 unspecified atom stereocenters. The van der Waals surface area contributed by atoms with Gasteiger partial charge in [-0.05, 0) is 0 Å². The van der Waals surface area contributed by atoms with Gasteiger partial charge in [0, 0.05) is 20.5 Å². The van der Waals surface area contributed by atoms with Crippen molar-refractivity contribution in [3.63, 3.8) is 0 Å². The van der Waals surface area contributed by atoms with E-state index in [1.165, 1.54) is 21.2 Å². The number of hydroxylamine groups is 2. The lowest BCUT2D eigenvalue weighted by Crippen LogP contribution is -2.41. The Balaban J connectivity index is 4.19. The molecule has 0 saturated carbocycles. The maximum Gasteiger partial charge on any atom is 0.350 e. The van der Waals surface area contributed by atoms with E-state index in [0.29, 0.717) is 6.42 Å². The third-order valence-corrected chi connectivity index (χ3v) is 1.51. The first-order chi connectivity index (χ1) is 5.54. The Labute approximate surface area is 71.8 Å². The van der Waals surface area contributed by atoms with Crippen molar-refractivity contribution < 1.29 is 14.4 Å². The summed E-state index contributed by atoms with van der Waals surface area (Å²) in [5, 5.41) is 0.994. The van der Waals surface area contributed by atoms with Crippen LogP contribution in [0.2, 0.25) is 0 Å². The molecule has 0 aromatic heterocycles. The van der Waals surface area contributed by atoms with Gasteiger partial charge in [0.05, 0.1) is 7.11 Å². The van der Waals surface area contributed by atoms with E-state index in [4.69, 9.17) is 0 Å². The molecular formula is C7H14N2O3. The second-order valence-corrected chi connectivity index (χ2v) is 2.27. The topological polar surface area (TPSA) is 49.9 Å². The average molecular weight is 174 g/mol. The third kappa shape index (κ3) is 2.50. The van der Waals surface area contributed by atoms with Crippen LogP contribution in [-0.4, -0.2) is 43.1 Å². The Bertz CT molecular complexity index is 181. The maximum absolute atomic E-state index is 11.2. The highest BCUT2D eigenvalue weighted by Gasteiger charge is 2.18. The van der Waals surface area contributed by atoms with E-state index in [1.54, 1.807) is 6.92 Å². The molecule has 0 bridgehead atoms. The second kappa shape index (κ2) is 4.71. The van der Waals surface area contributed by atoms with Crippen LogP contribution in [0, 0.1) is 0 Å². The standard InChI is InChI=1S/C7H14N2O3/c1-5-6(10)8(2)7(11)9(3)12-4/h5H2,1-4H3. The predicted molar refractivity (Wildman–Crippen MR) is 43.2 cm³/mol. The average Bonchev–Trinajstić information content (AvgIpc) is 2.12. The van der Waals surface area contributed by atoms with Gasteiger partial charge in [-0.25, -0.2) is 9.86 Å². The molecule has 5 heteroatoms. The van der Waals surface area contributed by atoms with Crippen LogP contribution in [0.15, 0.2) is 0 Å². The zero-order valence-corrected chi connectivity index (χ0v) is 7.83. The Kier molecular flexibility index (Phi) is 4.28. The summed E-state index contributed by atoms with van der Waals surface area (Å²) < 4.78 is 0. The molecule has 0 aliphatic carbocycles. The number of imide groups is 1. The first-order valence-corrected chi connectivity index (χ1v) is 3.62. The minimum Gasteiger partial charge on any atom is -0.274 e. The number of carbonyl (C=O) groups is 2. The fourth-order valence-corrected chi connectivity index (χ4v) is 0.633.